The summed E-state index contributed by atoms with van der Waals surface area (Å²) in [5.74, 6) is 0.378. The molecule has 128 valence electrons. The number of hydrogen-bond donors (Lipinski definition) is 3. The van der Waals surface area contributed by atoms with Crippen LogP contribution in [0.1, 0.15) is 58.6 Å². The van der Waals surface area contributed by atoms with Gasteiger partial charge in [-0.2, -0.15) is 0 Å². The number of hydrogen-bond acceptors (Lipinski definition) is 3. The molecule has 1 aromatic carbocycles. The van der Waals surface area contributed by atoms with Crippen LogP contribution in [-0.2, 0) is 4.79 Å². The maximum atomic E-state index is 12.4. The van der Waals surface area contributed by atoms with Crippen LogP contribution in [0.2, 0.25) is 0 Å². The van der Waals surface area contributed by atoms with Gasteiger partial charge in [0.2, 0.25) is 5.91 Å². The Bertz CT molecular complexity index is 509. The summed E-state index contributed by atoms with van der Waals surface area (Å²) in [4.78, 5) is 12.4. The standard InChI is InChI=1S/C19H30N2O2/c1-18(2)11-14(12-19(3,4)21-18)10-17(23)20-16(13-22)15-8-6-5-7-9-15/h5-9,14,16,21-22H,10-13H2,1-4H3,(H,20,23)/t16-/m1/s1. The zero-order chi connectivity index (χ0) is 17.1. The summed E-state index contributed by atoms with van der Waals surface area (Å²) in [7, 11) is 0. The zero-order valence-corrected chi connectivity index (χ0v) is 14.7. The fraction of sp³-hybridized carbons (Fsp3) is 0.632. The van der Waals surface area contributed by atoms with Crippen LogP contribution in [0.25, 0.3) is 0 Å². The van der Waals surface area contributed by atoms with Crippen LogP contribution >= 0.6 is 0 Å². The number of benzene rings is 1. The van der Waals surface area contributed by atoms with Crippen molar-refractivity contribution >= 4 is 5.91 Å². The van der Waals surface area contributed by atoms with Gasteiger partial charge in [0, 0.05) is 17.5 Å². The smallest absolute Gasteiger partial charge is 0.220 e. The summed E-state index contributed by atoms with van der Waals surface area (Å²) in [5.41, 5.74) is 1.03. The quantitative estimate of drug-likeness (QED) is 0.782. The monoisotopic (exact) mass is 318 g/mol. The van der Waals surface area contributed by atoms with Crippen molar-refractivity contribution in [3.63, 3.8) is 0 Å². The molecule has 1 saturated heterocycles. The molecule has 0 bridgehead atoms. The van der Waals surface area contributed by atoms with E-state index in [0.29, 0.717) is 12.3 Å². The molecule has 2 rings (SSSR count). The second-order valence-electron chi connectivity index (χ2n) is 8.08. The van der Waals surface area contributed by atoms with Gasteiger partial charge >= 0.3 is 0 Å². The lowest BCUT2D eigenvalue weighted by molar-refractivity contribution is -0.123. The average molecular weight is 318 g/mol. The normalized spacial score (nSPS) is 21.6. The number of piperidine rings is 1. The maximum absolute atomic E-state index is 12.4. The molecular formula is C19H30N2O2. The molecule has 0 aromatic heterocycles. The highest BCUT2D eigenvalue weighted by molar-refractivity contribution is 5.76. The van der Waals surface area contributed by atoms with Crippen LogP contribution in [0.3, 0.4) is 0 Å². The van der Waals surface area contributed by atoms with Crippen molar-refractivity contribution in [3.8, 4) is 0 Å². The van der Waals surface area contributed by atoms with Gasteiger partial charge in [-0.3, -0.25) is 4.79 Å². The molecule has 3 N–H and O–H groups in total. The van der Waals surface area contributed by atoms with E-state index in [1.165, 1.54) is 0 Å². The molecule has 0 unspecified atom stereocenters. The first-order valence-electron chi connectivity index (χ1n) is 8.45. The average Bonchev–Trinajstić information content (AvgIpc) is 2.42. The summed E-state index contributed by atoms with van der Waals surface area (Å²) in [6.07, 6.45) is 2.48. The Morgan fingerprint density at radius 3 is 2.30 bits per heavy atom. The van der Waals surface area contributed by atoms with Gasteiger partial charge < -0.3 is 15.7 Å². The molecule has 4 nitrogen and oxygen atoms in total. The molecule has 1 aromatic rings. The third-order valence-electron chi connectivity index (χ3n) is 4.47. The van der Waals surface area contributed by atoms with Crippen molar-refractivity contribution in [1.82, 2.24) is 10.6 Å². The topological polar surface area (TPSA) is 61.4 Å². The molecule has 0 aliphatic carbocycles. The number of nitrogens with one attached hydrogen (secondary N) is 2. The van der Waals surface area contributed by atoms with E-state index < -0.39 is 0 Å². The fourth-order valence-electron chi connectivity index (χ4n) is 4.11. The SMILES string of the molecule is CC1(C)CC(CC(=O)N[C@H](CO)c2ccccc2)CC(C)(C)N1. The fourth-order valence-corrected chi connectivity index (χ4v) is 4.11. The van der Waals surface area contributed by atoms with Gasteiger partial charge in [-0.1, -0.05) is 30.3 Å². The highest BCUT2D eigenvalue weighted by Crippen LogP contribution is 2.34. The van der Waals surface area contributed by atoms with Gasteiger partial charge in [0.15, 0.2) is 0 Å². The van der Waals surface area contributed by atoms with E-state index in [0.717, 1.165) is 18.4 Å². The largest absolute Gasteiger partial charge is 0.394 e. The molecule has 0 saturated carbocycles. The summed E-state index contributed by atoms with van der Waals surface area (Å²) >= 11 is 0. The Kier molecular flexibility index (Phi) is 5.48. The number of carbonyl (C=O) groups excluding carboxylic acids is 1. The molecule has 1 aliphatic rings. The molecule has 1 heterocycles. The Morgan fingerprint density at radius 1 is 1.22 bits per heavy atom. The summed E-state index contributed by atoms with van der Waals surface area (Å²) in [5, 5.41) is 16.2. The maximum Gasteiger partial charge on any atom is 0.220 e. The van der Waals surface area contributed by atoms with Crippen molar-refractivity contribution in [2.45, 2.75) is 64.1 Å². The predicted molar refractivity (Wildman–Crippen MR) is 93.0 cm³/mol. The number of amides is 1. The lowest BCUT2D eigenvalue weighted by Crippen LogP contribution is -2.58. The Morgan fingerprint density at radius 2 is 1.78 bits per heavy atom. The van der Waals surface area contributed by atoms with Gasteiger partial charge in [-0.15, -0.1) is 0 Å². The molecule has 4 heteroatoms. The minimum atomic E-state index is -0.327. The Labute approximate surface area is 139 Å². The molecule has 23 heavy (non-hydrogen) atoms. The third-order valence-corrected chi connectivity index (χ3v) is 4.47. The second kappa shape index (κ2) is 7.02. The van der Waals surface area contributed by atoms with Crippen LogP contribution in [-0.4, -0.2) is 28.7 Å². The first kappa shape index (κ1) is 18.0. The summed E-state index contributed by atoms with van der Waals surface area (Å²) in [6.45, 7) is 8.69. The minimum absolute atomic E-state index is 0.0198. The van der Waals surface area contributed by atoms with E-state index in [9.17, 15) is 9.90 Å². The highest BCUT2D eigenvalue weighted by atomic mass is 16.3. The van der Waals surface area contributed by atoms with Gasteiger partial charge in [-0.25, -0.2) is 0 Å². The molecule has 1 fully saturated rings. The Balaban J connectivity index is 1.96. The van der Waals surface area contributed by atoms with Crippen molar-refractivity contribution in [2.75, 3.05) is 6.61 Å². The summed E-state index contributed by atoms with van der Waals surface area (Å²) < 4.78 is 0. The van der Waals surface area contributed by atoms with Crippen LogP contribution in [0.15, 0.2) is 30.3 Å². The molecule has 1 atom stereocenters. The number of aliphatic hydroxyl groups excluding tert-OH is 1. The molecule has 1 amide bonds. The van der Waals surface area contributed by atoms with Gasteiger partial charge in [-0.05, 0) is 52.0 Å². The van der Waals surface area contributed by atoms with E-state index in [4.69, 9.17) is 0 Å². The van der Waals surface area contributed by atoms with E-state index in [-0.39, 0.29) is 29.6 Å². The predicted octanol–water partition coefficient (Wildman–Crippen LogP) is 2.78. The van der Waals surface area contributed by atoms with E-state index >= 15 is 0 Å². The van der Waals surface area contributed by atoms with Crippen molar-refractivity contribution < 1.29 is 9.90 Å². The van der Waals surface area contributed by atoms with Gasteiger partial charge in [0.1, 0.15) is 0 Å². The first-order valence-corrected chi connectivity index (χ1v) is 8.45. The van der Waals surface area contributed by atoms with E-state index in [1.807, 2.05) is 30.3 Å². The molecule has 1 aliphatic heterocycles. The third kappa shape index (κ3) is 5.33. The van der Waals surface area contributed by atoms with Crippen LogP contribution < -0.4 is 10.6 Å². The summed E-state index contributed by atoms with van der Waals surface area (Å²) in [6, 6.07) is 9.30. The van der Waals surface area contributed by atoms with Crippen molar-refractivity contribution in [2.24, 2.45) is 5.92 Å². The number of aliphatic hydroxyl groups is 1. The van der Waals surface area contributed by atoms with Gasteiger partial charge in [0.25, 0.3) is 0 Å². The molecule has 0 radical (unpaired) electrons. The Hall–Kier alpha value is -1.39. The highest BCUT2D eigenvalue weighted by Gasteiger charge is 2.38. The van der Waals surface area contributed by atoms with Gasteiger partial charge in [0.05, 0.1) is 12.6 Å². The van der Waals surface area contributed by atoms with Crippen LogP contribution in [0.5, 0.6) is 0 Å². The van der Waals surface area contributed by atoms with E-state index in [1.54, 1.807) is 0 Å². The van der Waals surface area contributed by atoms with Crippen LogP contribution in [0, 0.1) is 5.92 Å². The van der Waals surface area contributed by atoms with Crippen LogP contribution in [0.4, 0.5) is 0 Å². The van der Waals surface area contributed by atoms with E-state index in [2.05, 4.69) is 38.3 Å². The lowest BCUT2D eigenvalue weighted by atomic mass is 9.74. The number of carbonyl (C=O) groups is 1. The van der Waals surface area contributed by atoms with Crippen molar-refractivity contribution in [1.29, 1.82) is 0 Å². The number of rotatable bonds is 5. The lowest BCUT2D eigenvalue weighted by Gasteiger charge is -2.46. The minimum Gasteiger partial charge on any atom is -0.394 e. The second-order valence-corrected chi connectivity index (χ2v) is 8.08. The van der Waals surface area contributed by atoms with Crippen molar-refractivity contribution in [3.05, 3.63) is 35.9 Å². The molecular weight excluding hydrogens is 288 g/mol. The molecule has 0 spiro atoms. The zero-order valence-electron chi connectivity index (χ0n) is 14.7. The first-order chi connectivity index (χ1) is 10.7.